The first-order valence-electron chi connectivity index (χ1n) is 9.28. The van der Waals surface area contributed by atoms with Crippen molar-refractivity contribution in [2.45, 2.75) is 19.6 Å². The van der Waals surface area contributed by atoms with Crippen LogP contribution in [0.3, 0.4) is 0 Å². The molecule has 0 aliphatic carbocycles. The molecule has 2 rings (SSSR count). The molecule has 31 heavy (non-hydrogen) atoms. The van der Waals surface area contributed by atoms with Crippen molar-refractivity contribution in [2.75, 3.05) is 31.3 Å². The Bertz CT molecular complexity index is 996. The highest BCUT2D eigenvalue weighted by Crippen LogP contribution is 2.34. The summed E-state index contributed by atoms with van der Waals surface area (Å²) < 4.78 is 72.9. The van der Waals surface area contributed by atoms with Gasteiger partial charge in [0, 0.05) is 20.2 Å². The monoisotopic (exact) mass is 460 g/mol. The smallest absolute Gasteiger partial charge is 0.383 e. The molecule has 0 saturated heterocycles. The molecule has 11 heteroatoms. The summed E-state index contributed by atoms with van der Waals surface area (Å²) in [6.07, 6.45) is -4.63. The first-order valence-corrected chi connectivity index (χ1v) is 10.9. The second-order valence-corrected chi connectivity index (χ2v) is 8.32. The van der Waals surface area contributed by atoms with Crippen LogP contribution in [-0.2, 0) is 27.6 Å². The number of methoxy groups -OCH3 is 1. The molecule has 0 aliphatic heterocycles. The molecule has 0 bridgehead atoms. The van der Waals surface area contributed by atoms with E-state index in [4.69, 9.17) is 8.92 Å². The minimum atomic E-state index is -4.63. The van der Waals surface area contributed by atoms with Crippen LogP contribution >= 0.6 is 0 Å². The topological polar surface area (TPSA) is 84.9 Å². The Kier molecular flexibility index (Phi) is 8.28. The minimum Gasteiger partial charge on any atom is -0.383 e. The summed E-state index contributed by atoms with van der Waals surface area (Å²) in [5.41, 5.74) is -0.803. The number of nitrogens with zero attached hydrogens (tertiary/aromatic N) is 1. The minimum absolute atomic E-state index is 0.00719. The second kappa shape index (κ2) is 10.5. The van der Waals surface area contributed by atoms with E-state index in [2.05, 4.69) is 5.32 Å². The van der Waals surface area contributed by atoms with Crippen LogP contribution in [0.5, 0.6) is 5.75 Å². The van der Waals surface area contributed by atoms with Gasteiger partial charge in [-0.15, -0.1) is 0 Å². The van der Waals surface area contributed by atoms with Crippen molar-refractivity contribution in [2.24, 2.45) is 0 Å². The molecule has 170 valence electrons. The SMILES string of the molecule is CCS(=O)(=O)Oc1cccc(CN(CCOC)C(=O)Nc2ccccc2C(F)(F)F)c1. The molecule has 7 nitrogen and oxygen atoms in total. The number of alkyl halides is 3. The van der Waals surface area contributed by atoms with Gasteiger partial charge in [-0.3, -0.25) is 0 Å². The summed E-state index contributed by atoms with van der Waals surface area (Å²) in [6, 6.07) is 10.0. The quantitative estimate of drug-likeness (QED) is 0.569. The van der Waals surface area contributed by atoms with E-state index >= 15 is 0 Å². The van der Waals surface area contributed by atoms with Gasteiger partial charge in [0.1, 0.15) is 5.75 Å². The van der Waals surface area contributed by atoms with Gasteiger partial charge >= 0.3 is 22.3 Å². The normalized spacial score (nSPS) is 11.8. The molecule has 0 aliphatic rings. The summed E-state index contributed by atoms with van der Waals surface area (Å²) in [4.78, 5) is 14.0. The molecule has 0 unspecified atom stereocenters. The molecule has 0 spiro atoms. The van der Waals surface area contributed by atoms with E-state index in [1.807, 2.05) is 0 Å². The van der Waals surface area contributed by atoms with Crippen LogP contribution < -0.4 is 9.50 Å². The Hall–Kier alpha value is -2.79. The number of urea groups is 1. The highest BCUT2D eigenvalue weighted by molar-refractivity contribution is 7.87. The van der Waals surface area contributed by atoms with Crippen LogP contribution in [0, 0.1) is 0 Å². The van der Waals surface area contributed by atoms with Crippen molar-refractivity contribution in [1.82, 2.24) is 4.90 Å². The van der Waals surface area contributed by atoms with Gasteiger partial charge in [-0.2, -0.15) is 21.6 Å². The number of halogens is 3. The van der Waals surface area contributed by atoms with Gasteiger partial charge in [0.2, 0.25) is 0 Å². The standard InChI is InChI=1S/C20H23F3N2O5S/c1-3-31(27,28)30-16-8-6-7-15(13-16)14-25(11-12-29-2)19(26)24-18-10-5-4-9-17(18)20(21,22)23/h4-10,13H,3,11-12,14H2,1-2H3,(H,24,26). The zero-order valence-corrected chi connectivity index (χ0v) is 17.8. The number of benzene rings is 2. The molecule has 2 aromatic rings. The number of hydrogen-bond donors (Lipinski definition) is 1. The number of nitrogens with one attached hydrogen (secondary N) is 1. The van der Waals surface area contributed by atoms with E-state index in [0.29, 0.717) is 5.56 Å². The summed E-state index contributed by atoms with van der Waals surface area (Å²) in [6.45, 7) is 1.67. The molecule has 2 amide bonds. The maximum absolute atomic E-state index is 13.2. The number of rotatable bonds is 9. The summed E-state index contributed by atoms with van der Waals surface area (Å²) in [7, 11) is -2.30. The van der Waals surface area contributed by atoms with E-state index in [1.54, 1.807) is 12.1 Å². The van der Waals surface area contributed by atoms with Gasteiger partial charge in [-0.25, -0.2) is 4.79 Å². The van der Waals surface area contributed by atoms with Crippen molar-refractivity contribution in [1.29, 1.82) is 0 Å². The van der Waals surface area contributed by atoms with E-state index in [9.17, 15) is 26.4 Å². The van der Waals surface area contributed by atoms with Gasteiger partial charge in [-0.05, 0) is 36.8 Å². The number of amides is 2. The number of carbonyl (C=O) groups is 1. The van der Waals surface area contributed by atoms with Crippen LogP contribution in [0.4, 0.5) is 23.7 Å². The lowest BCUT2D eigenvalue weighted by molar-refractivity contribution is -0.136. The molecule has 2 aromatic carbocycles. The van der Waals surface area contributed by atoms with Crippen molar-refractivity contribution in [3.8, 4) is 5.75 Å². The maximum Gasteiger partial charge on any atom is 0.418 e. The summed E-state index contributed by atoms with van der Waals surface area (Å²) in [5.74, 6) is -0.132. The number of ether oxygens (including phenoxy) is 1. The zero-order valence-electron chi connectivity index (χ0n) is 17.0. The van der Waals surface area contributed by atoms with Gasteiger partial charge in [0.05, 0.1) is 23.6 Å². The molecular formula is C20H23F3N2O5S. The lowest BCUT2D eigenvalue weighted by atomic mass is 10.1. The number of hydrogen-bond acceptors (Lipinski definition) is 5. The van der Waals surface area contributed by atoms with Crippen LogP contribution in [0.15, 0.2) is 48.5 Å². The zero-order chi connectivity index (χ0) is 23.1. The number of para-hydroxylation sites is 1. The Morgan fingerprint density at radius 1 is 1.13 bits per heavy atom. The van der Waals surface area contributed by atoms with Gasteiger partial charge in [0.15, 0.2) is 0 Å². The highest BCUT2D eigenvalue weighted by Gasteiger charge is 2.34. The fraction of sp³-hybridized carbons (Fsp3) is 0.350. The van der Waals surface area contributed by atoms with Crippen molar-refractivity contribution >= 4 is 21.8 Å². The predicted octanol–water partition coefficient (Wildman–Crippen LogP) is 4.11. The Morgan fingerprint density at radius 2 is 1.84 bits per heavy atom. The highest BCUT2D eigenvalue weighted by atomic mass is 32.2. The number of anilines is 1. The van der Waals surface area contributed by atoms with Crippen LogP contribution in [0.25, 0.3) is 0 Å². The molecule has 0 aromatic heterocycles. The molecule has 0 heterocycles. The molecular weight excluding hydrogens is 437 g/mol. The number of carbonyl (C=O) groups excluding carboxylic acids is 1. The van der Waals surface area contributed by atoms with Gasteiger partial charge < -0.3 is 19.1 Å². The van der Waals surface area contributed by atoms with Crippen LogP contribution in [0.1, 0.15) is 18.1 Å². The van der Waals surface area contributed by atoms with Gasteiger partial charge in [-0.1, -0.05) is 24.3 Å². The molecule has 0 fully saturated rings. The Labute approximate surface area is 178 Å². The van der Waals surface area contributed by atoms with E-state index in [1.165, 1.54) is 49.3 Å². The van der Waals surface area contributed by atoms with Crippen LogP contribution in [0.2, 0.25) is 0 Å². The fourth-order valence-corrected chi connectivity index (χ4v) is 3.12. The third-order valence-electron chi connectivity index (χ3n) is 4.18. The Balaban J connectivity index is 2.22. The average Bonchev–Trinajstić information content (AvgIpc) is 2.70. The predicted molar refractivity (Wildman–Crippen MR) is 109 cm³/mol. The fourth-order valence-electron chi connectivity index (χ4n) is 2.61. The molecule has 1 N–H and O–H groups in total. The van der Waals surface area contributed by atoms with E-state index < -0.39 is 27.9 Å². The average molecular weight is 460 g/mol. The van der Waals surface area contributed by atoms with Crippen molar-refractivity contribution in [3.63, 3.8) is 0 Å². The van der Waals surface area contributed by atoms with Crippen LogP contribution in [-0.4, -0.2) is 45.4 Å². The summed E-state index contributed by atoms with van der Waals surface area (Å²) in [5, 5.41) is 2.29. The molecule has 0 atom stereocenters. The van der Waals surface area contributed by atoms with Gasteiger partial charge in [0.25, 0.3) is 0 Å². The molecule has 0 radical (unpaired) electrons. The summed E-state index contributed by atoms with van der Waals surface area (Å²) >= 11 is 0. The van der Waals surface area contributed by atoms with Crippen molar-refractivity contribution < 1.29 is 35.3 Å². The second-order valence-electron chi connectivity index (χ2n) is 6.46. The lowest BCUT2D eigenvalue weighted by Crippen LogP contribution is -2.37. The van der Waals surface area contributed by atoms with E-state index in [0.717, 1.165) is 6.07 Å². The lowest BCUT2D eigenvalue weighted by Gasteiger charge is -2.24. The Morgan fingerprint density at radius 3 is 2.48 bits per heavy atom. The molecule has 0 saturated carbocycles. The largest absolute Gasteiger partial charge is 0.418 e. The first-order chi connectivity index (χ1) is 14.6. The first kappa shape index (κ1) is 24.5. The third kappa shape index (κ3) is 7.44. The maximum atomic E-state index is 13.2. The van der Waals surface area contributed by atoms with E-state index in [-0.39, 0.29) is 36.9 Å². The van der Waals surface area contributed by atoms with Crippen molar-refractivity contribution in [3.05, 3.63) is 59.7 Å². The third-order valence-corrected chi connectivity index (χ3v) is 5.33.